The third-order valence-electron chi connectivity index (χ3n) is 10.7. The van der Waals surface area contributed by atoms with Crippen molar-refractivity contribution >= 4 is 87.1 Å². The maximum absolute atomic E-state index is 6.74. The van der Waals surface area contributed by atoms with Crippen LogP contribution in [0, 0.1) is 0 Å². The van der Waals surface area contributed by atoms with Gasteiger partial charge in [-0.1, -0.05) is 103 Å². The number of para-hydroxylation sites is 3. The zero-order chi connectivity index (χ0) is 35.3. The zero-order valence-electron chi connectivity index (χ0n) is 28.6. The lowest BCUT2D eigenvalue weighted by molar-refractivity contribution is 0.629. The number of benzene rings is 6. The van der Waals surface area contributed by atoms with Crippen molar-refractivity contribution in [3.05, 3.63) is 158 Å². The molecule has 6 heteroatoms. The van der Waals surface area contributed by atoms with Crippen LogP contribution in [0.1, 0.15) is 0 Å². The van der Waals surface area contributed by atoms with Crippen molar-refractivity contribution in [2.75, 3.05) is 0 Å². The molecule has 2 N–H and O–H groups in total. The van der Waals surface area contributed by atoms with Gasteiger partial charge >= 0.3 is 0 Å². The van der Waals surface area contributed by atoms with Gasteiger partial charge in [-0.15, -0.1) is 22.7 Å². The van der Waals surface area contributed by atoms with E-state index >= 15 is 0 Å². The van der Waals surface area contributed by atoms with Crippen LogP contribution in [0.25, 0.3) is 119 Å². The van der Waals surface area contributed by atoms with E-state index in [0.29, 0.717) is 0 Å². The van der Waals surface area contributed by atoms with Crippen LogP contribution in [-0.4, -0.2) is 9.97 Å². The molecule has 0 amide bonds. The first-order valence-corrected chi connectivity index (χ1v) is 19.6. The standard InChI is InChI=1S/C48H28N2O2S2/c1-5-15-31-30(14-1)26-49-45(31)48-44-34(47(54-48)41-25-29-13-4-10-20-40(29)53-41)22-21-33(38-23-27-11-2-8-18-36(27)51-38)42(44)43-32-16-6-7-17-35(32)50-46(43)39-24-28-12-3-9-19-37(28)52-39/h1-26,49-50H. The molecule has 0 unspecified atom stereocenters. The summed E-state index contributed by atoms with van der Waals surface area (Å²) in [6.07, 6.45) is 2.13. The Morgan fingerprint density at radius 1 is 0.463 bits per heavy atom. The lowest BCUT2D eigenvalue weighted by Crippen LogP contribution is -1.89. The van der Waals surface area contributed by atoms with E-state index in [1.54, 1.807) is 0 Å². The molecule has 0 fully saturated rings. The largest absolute Gasteiger partial charge is 0.456 e. The number of aromatic amines is 2. The molecule has 0 spiro atoms. The van der Waals surface area contributed by atoms with Crippen LogP contribution in [0.15, 0.2) is 167 Å². The number of hydrogen-bond acceptors (Lipinski definition) is 4. The van der Waals surface area contributed by atoms with Gasteiger partial charge in [0.1, 0.15) is 16.9 Å². The third kappa shape index (κ3) is 4.41. The number of hydrogen-bond donors (Lipinski definition) is 2. The number of fused-ring (bicyclic) bond motifs is 6. The Balaban J connectivity index is 1.27. The van der Waals surface area contributed by atoms with E-state index in [1.165, 1.54) is 46.3 Å². The van der Waals surface area contributed by atoms with E-state index in [9.17, 15) is 0 Å². The molecule has 0 radical (unpaired) electrons. The summed E-state index contributed by atoms with van der Waals surface area (Å²) >= 11 is 3.71. The van der Waals surface area contributed by atoms with Crippen LogP contribution in [-0.2, 0) is 0 Å². The molecule has 6 heterocycles. The molecule has 6 aromatic heterocycles. The minimum absolute atomic E-state index is 0.793. The minimum atomic E-state index is 0.793. The van der Waals surface area contributed by atoms with Gasteiger partial charge in [0, 0.05) is 70.3 Å². The van der Waals surface area contributed by atoms with Gasteiger partial charge in [-0.2, -0.15) is 0 Å². The SMILES string of the molecule is c1ccc2oc(-c3ccc4c(-c5cc6ccccc6s5)sc(-c5[nH]cc6ccccc56)c4c3-c3c(-c4cc5ccccc5o4)[nH]c4ccccc34)cc2c1. The van der Waals surface area contributed by atoms with Crippen molar-refractivity contribution in [1.29, 1.82) is 0 Å². The Hall–Kier alpha value is -6.60. The van der Waals surface area contributed by atoms with Crippen molar-refractivity contribution in [3.8, 4) is 54.2 Å². The predicted octanol–water partition coefficient (Wildman–Crippen LogP) is 14.9. The zero-order valence-corrected chi connectivity index (χ0v) is 30.3. The Kier molecular flexibility index (Phi) is 6.34. The van der Waals surface area contributed by atoms with E-state index in [-0.39, 0.29) is 0 Å². The Bertz CT molecular complexity index is 3320. The van der Waals surface area contributed by atoms with Crippen molar-refractivity contribution in [2.24, 2.45) is 0 Å². The van der Waals surface area contributed by atoms with Gasteiger partial charge in [-0.3, -0.25) is 0 Å². The van der Waals surface area contributed by atoms with Crippen molar-refractivity contribution < 1.29 is 8.83 Å². The number of nitrogens with one attached hydrogen (secondary N) is 2. The molecule has 12 aromatic rings. The average molecular weight is 729 g/mol. The van der Waals surface area contributed by atoms with E-state index in [2.05, 4.69) is 144 Å². The number of thiophene rings is 2. The molecule has 4 nitrogen and oxygen atoms in total. The van der Waals surface area contributed by atoms with Crippen LogP contribution in [0.3, 0.4) is 0 Å². The number of furan rings is 2. The Morgan fingerprint density at radius 2 is 1.13 bits per heavy atom. The second kappa shape index (κ2) is 11.4. The van der Waals surface area contributed by atoms with Gasteiger partial charge in [-0.25, -0.2) is 0 Å². The topological polar surface area (TPSA) is 57.9 Å². The molecule has 0 bridgehead atoms. The first-order valence-electron chi connectivity index (χ1n) is 18.0. The number of aromatic nitrogens is 2. The molecule has 6 aromatic carbocycles. The summed E-state index contributed by atoms with van der Waals surface area (Å²) in [7, 11) is 0. The maximum atomic E-state index is 6.74. The highest BCUT2D eigenvalue weighted by atomic mass is 32.1. The molecule has 0 saturated heterocycles. The highest BCUT2D eigenvalue weighted by Gasteiger charge is 2.29. The van der Waals surface area contributed by atoms with E-state index in [1.807, 2.05) is 46.9 Å². The van der Waals surface area contributed by atoms with Gasteiger partial charge in [0.15, 0.2) is 5.76 Å². The van der Waals surface area contributed by atoms with Crippen LogP contribution in [0.5, 0.6) is 0 Å². The summed E-state index contributed by atoms with van der Waals surface area (Å²) in [5.41, 5.74) is 8.03. The molecule has 254 valence electrons. The lowest BCUT2D eigenvalue weighted by atomic mass is 9.89. The van der Waals surface area contributed by atoms with Gasteiger partial charge in [0.05, 0.1) is 21.1 Å². The van der Waals surface area contributed by atoms with Gasteiger partial charge in [-0.05, 0) is 59.3 Å². The number of H-pyrrole nitrogens is 2. The van der Waals surface area contributed by atoms with Crippen LogP contribution < -0.4 is 0 Å². The fourth-order valence-electron chi connectivity index (χ4n) is 8.23. The molecule has 0 atom stereocenters. The first-order chi connectivity index (χ1) is 26.7. The first kappa shape index (κ1) is 29.9. The van der Waals surface area contributed by atoms with Crippen LogP contribution in [0.2, 0.25) is 0 Å². The fourth-order valence-corrected chi connectivity index (χ4v) is 10.7. The van der Waals surface area contributed by atoms with E-state index < -0.39 is 0 Å². The molecular weight excluding hydrogens is 701 g/mol. The third-order valence-corrected chi connectivity index (χ3v) is 13.2. The molecule has 0 aliphatic carbocycles. The summed E-state index contributed by atoms with van der Waals surface area (Å²) in [5, 5.41) is 9.28. The van der Waals surface area contributed by atoms with Crippen molar-refractivity contribution in [1.82, 2.24) is 9.97 Å². The second-order valence-corrected chi connectivity index (χ2v) is 15.9. The van der Waals surface area contributed by atoms with E-state index in [0.717, 1.165) is 72.4 Å². The molecule has 0 aliphatic heterocycles. The molecule has 0 saturated carbocycles. The molecule has 54 heavy (non-hydrogen) atoms. The van der Waals surface area contributed by atoms with Gasteiger partial charge in [0.25, 0.3) is 0 Å². The van der Waals surface area contributed by atoms with Gasteiger partial charge in [0.2, 0.25) is 0 Å². The Morgan fingerprint density at radius 3 is 1.93 bits per heavy atom. The average Bonchev–Trinajstić information content (AvgIpc) is 4.07. The van der Waals surface area contributed by atoms with Crippen LogP contribution in [0.4, 0.5) is 0 Å². The summed E-state index contributed by atoms with van der Waals surface area (Å²) < 4.78 is 14.7. The van der Waals surface area contributed by atoms with Crippen LogP contribution >= 0.6 is 22.7 Å². The quantitative estimate of drug-likeness (QED) is 0.185. The molecule has 0 aliphatic rings. The summed E-state index contributed by atoms with van der Waals surface area (Å²) in [6, 6.07) is 53.6. The normalized spacial score (nSPS) is 12.1. The Labute approximate surface area is 316 Å². The van der Waals surface area contributed by atoms with Crippen molar-refractivity contribution in [2.45, 2.75) is 0 Å². The summed E-state index contributed by atoms with van der Waals surface area (Å²) in [6.45, 7) is 0. The van der Waals surface area contributed by atoms with E-state index in [4.69, 9.17) is 8.83 Å². The predicted molar refractivity (Wildman–Crippen MR) is 228 cm³/mol. The fraction of sp³-hybridized carbons (Fsp3) is 0. The molecule has 12 rings (SSSR count). The maximum Gasteiger partial charge on any atom is 0.152 e. The molecular formula is C48H28N2O2S2. The van der Waals surface area contributed by atoms with Gasteiger partial charge < -0.3 is 18.8 Å². The van der Waals surface area contributed by atoms with Crippen molar-refractivity contribution in [3.63, 3.8) is 0 Å². The number of rotatable bonds is 5. The summed E-state index contributed by atoms with van der Waals surface area (Å²) in [5.74, 6) is 1.62. The highest BCUT2D eigenvalue weighted by Crippen LogP contribution is 2.55. The highest BCUT2D eigenvalue weighted by molar-refractivity contribution is 7.28. The minimum Gasteiger partial charge on any atom is -0.456 e. The second-order valence-electron chi connectivity index (χ2n) is 13.8. The smallest absolute Gasteiger partial charge is 0.152 e. The summed E-state index contributed by atoms with van der Waals surface area (Å²) in [4.78, 5) is 11.3. The lowest BCUT2D eigenvalue weighted by Gasteiger charge is -2.14. The monoisotopic (exact) mass is 728 g/mol.